The summed E-state index contributed by atoms with van der Waals surface area (Å²) < 4.78 is 40.1. The SMILES string of the molecule is CC(C)(C)C1CCC(O)(c2ccc(F)c(F)c2F)CC1. The van der Waals surface area contributed by atoms with Gasteiger partial charge in [-0.2, -0.15) is 0 Å². The standard InChI is InChI=1S/C16H21F3O/c1-15(2,3)10-6-8-16(20,9-7-10)11-4-5-12(17)14(19)13(11)18/h4-5,10,20H,6-9H2,1-3H3. The molecule has 0 atom stereocenters. The van der Waals surface area contributed by atoms with Gasteiger partial charge < -0.3 is 5.11 Å². The molecule has 0 aliphatic heterocycles. The molecular formula is C16H21F3O. The lowest BCUT2D eigenvalue weighted by atomic mass is 9.67. The summed E-state index contributed by atoms with van der Waals surface area (Å²) in [6.45, 7) is 6.42. The molecule has 0 unspecified atom stereocenters. The summed E-state index contributed by atoms with van der Waals surface area (Å²) >= 11 is 0. The molecule has 1 N–H and O–H groups in total. The molecule has 4 heteroatoms. The van der Waals surface area contributed by atoms with Gasteiger partial charge in [-0.05, 0) is 43.1 Å². The van der Waals surface area contributed by atoms with E-state index in [-0.39, 0.29) is 11.0 Å². The second kappa shape index (κ2) is 5.06. The second-order valence-electron chi connectivity index (χ2n) is 6.89. The van der Waals surface area contributed by atoms with Gasteiger partial charge in [-0.3, -0.25) is 0 Å². The molecule has 2 rings (SSSR count). The number of halogens is 3. The van der Waals surface area contributed by atoms with Crippen molar-refractivity contribution in [2.75, 3.05) is 0 Å². The van der Waals surface area contributed by atoms with E-state index in [1.807, 2.05) is 0 Å². The molecule has 1 aliphatic carbocycles. The van der Waals surface area contributed by atoms with Gasteiger partial charge in [0.15, 0.2) is 17.5 Å². The van der Waals surface area contributed by atoms with Crippen molar-refractivity contribution in [2.24, 2.45) is 11.3 Å². The smallest absolute Gasteiger partial charge is 0.194 e. The summed E-state index contributed by atoms with van der Waals surface area (Å²) in [6, 6.07) is 2.03. The molecule has 0 aromatic heterocycles. The summed E-state index contributed by atoms with van der Waals surface area (Å²) in [4.78, 5) is 0. The van der Waals surface area contributed by atoms with Crippen LogP contribution in [0.1, 0.15) is 52.0 Å². The van der Waals surface area contributed by atoms with E-state index in [1.165, 1.54) is 0 Å². The normalized spacial score (nSPS) is 27.6. The zero-order valence-electron chi connectivity index (χ0n) is 12.1. The van der Waals surface area contributed by atoms with Gasteiger partial charge in [-0.15, -0.1) is 0 Å². The molecule has 0 amide bonds. The minimum absolute atomic E-state index is 0.122. The van der Waals surface area contributed by atoms with Gasteiger partial charge in [0.25, 0.3) is 0 Å². The van der Waals surface area contributed by atoms with Crippen molar-refractivity contribution in [1.82, 2.24) is 0 Å². The van der Waals surface area contributed by atoms with Crippen molar-refractivity contribution in [1.29, 1.82) is 0 Å². The van der Waals surface area contributed by atoms with E-state index in [0.29, 0.717) is 18.8 Å². The predicted octanol–water partition coefficient (Wildman–Crippen LogP) is 4.53. The Hall–Kier alpha value is -1.03. The molecule has 0 bridgehead atoms. The van der Waals surface area contributed by atoms with Gasteiger partial charge in [0.2, 0.25) is 0 Å². The Morgan fingerprint density at radius 1 is 1.05 bits per heavy atom. The van der Waals surface area contributed by atoms with E-state index in [0.717, 1.165) is 25.0 Å². The summed E-state index contributed by atoms with van der Waals surface area (Å²) in [5.74, 6) is -3.55. The maximum Gasteiger partial charge on any atom is 0.194 e. The molecule has 20 heavy (non-hydrogen) atoms. The van der Waals surface area contributed by atoms with Crippen LogP contribution in [0.25, 0.3) is 0 Å². The van der Waals surface area contributed by atoms with Crippen molar-refractivity contribution in [3.63, 3.8) is 0 Å². The zero-order chi connectivity index (χ0) is 15.1. The number of hydrogen-bond donors (Lipinski definition) is 1. The monoisotopic (exact) mass is 286 g/mol. The van der Waals surface area contributed by atoms with Crippen molar-refractivity contribution in [2.45, 2.75) is 52.1 Å². The minimum atomic E-state index is -1.51. The molecule has 0 heterocycles. The van der Waals surface area contributed by atoms with Crippen molar-refractivity contribution in [3.05, 3.63) is 35.1 Å². The van der Waals surface area contributed by atoms with Crippen molar-refractivity contribution >= 4 is 0 Å². The first-order chi connectivity index (χ1) is 9.15. The highest BCUT2D eigenvalue weighted by Crippen LogP contribution is 2.46. The molecule has 1 saturated carbocycles. The first-order valence-corrected chi connectivity index (χ1v) is 7.01. The molecule has 0 spiro atoms. The Balaban J connectivity index is 2.25. The van der Waals surface area contributed by atoms with E-state index in [4.69, 9.17) is 0 Å². The highest BCUT2D eigenvalue weighted by Gasteiger charge is 2.40. The quantitative estimate of drug-likeness (QED) is 0.752. The van der Waals surface area contributed by atoms with Crippen LogP contribution in [-0.4, -0.2) is 5.11 Å². The highest BCUT2D eigenvalue weighted by molar-refractivity contribution is 5.27. The first-order valence-electron chi connectivity index (χ1n) is 7.01. The molecule has 0 radical (unpaired) electrons. The maximum absolute atomic E-state index is 13.8. The average Bonchev–Trinajstić information content (AvgIpc) is 2.35. The largest absolute Gasteiger partial charge is 0.385 e. The fourth-order valence-corrected chi connectivity index (χ4v) is 3.12. The third-order valence-corrected chi connectivity index (χ3v) is 4.57. The van der Waals surface area contributed by atoms with Gasteiger partial charge in [0.05, 0.1) is 5.60 Å². The van der Waals surface area contributed by atoms with Crippen LogP contribution in [0.2, 0.25) is 0 Å². The lowest BCUT2D eigenvalue weighted by molar-refractivity contribution is -0.0328. The van der Waals surface area contributed by atoms with Crippen LogP contribution < -0.4 is 0 Å². The topological polar surface area (TPSA) is 20.2 Å². The molecule has 1 aliphatic rings. The Labute approximate surface area is 117 Å². The van der Waals surface area contributed by atoms with Crippen LogP contribution >= 0.6 is 0 Å². The summed E-state index contributed by atoms with van der Waals surface area (Å²) in [6.07, 6.45) is 2.24. The van der Waals surface area contributed by atoms with Crippen LogP contribution in [0.15, 0.2) is 12.1 Å². The number of aliphatic hydroxyl groups is 1. The molecule has 112 valence electrons. The predicted molar refractivity (Wildman–Crippen MR) is 71.6 cm³/mol. The Morgan fingerprint density at radius 2 is 1.60 bits per heavy atom. The van der Waals surface area contributed by atoms with Gasteiger partial charge in [-0.1, -0.05) is 26.8 Å². The zero-order valence-corrected chi connectivity index (χ0v) is 12.1. The van der Waals surface area contributed by atoms with E-state index in [9.17, 15) is 18.3 Å². The molecule has 1 fully saturated rings. The molecular weight excluding hydrogens is 265 g/mol. The van der Waals surface area contributed by atoms with E-state index in [2.05, 4.69) is 20.8 Å². The van der Waals surface area contributed by atoms with Gasteiger partial charge in [0, 0.05) is 5.56 Å². The van der Waals surface area contributed by atoms with Crippen LogP contribution in [0.5, 0.6) is 0 Å². The summed E-state index contributed by atoms with van der Waals surface area (Å²) in [5.41, 5.74) is -1.38. The first kappa shape index (κ1) is 15.4. The van der Waals surface area contributed by atoms with E-state index in [1.54, 1.807) is 0 Å². The van der Waals surface area contributed by atoms with E-state index < -0.39 is 23.1 Å². The van der Waals surface area contributed by atoms with E-state index >= 15 is 0 Å². The molecule has 0 saturated heterocycles. The van der Waals surface area contributed by atoms with Gasteiger partial charge in [0.1, 0.15) is 0 Å². The Morgan fingerprint density at radius 3 is 2.10 bits per heavy atom. The lowest BCUT2D eigenvalue weighted by Crippen LogP contribution is -2.36. The summed E-state index contributed by atoms with van der Waals surface area (Å²) in [7, 11) is 0. The summed E-state index contributed by atoms with van der Waals surface area (Å²) in [5, 5.41) is 10.6. The van der Waals surface area contributed by atoms with Crippen molar-refractivity contribution < 1.29 is 18.3 Å². The van der Waals surface area contributed by atoms with Gasteiger partial charge >= 0.3 is 0 Å². The third kappa shape index (κ3) is 2.71. The molecule has 1 nitrogen and oxygen atoms in total. The highest BCUT2D eigenvalue weighted by atomic mass is 19.2. The number of rotatable bonds is 1. The van der Waals surface area contributed by atoms with Crippen LogP contribution in [0.4, 0.5) is 13.2 Å². The van der Waals surface area contributed by atoms with Crippen LogP contribution in [0.3, 0.4) is 0 Å². The molecule has 1 aromatic carbocycles. The maximum atomic E-state index is 13.8. The fourth-order valence-electron chi connectivity index (χ4n) is 3.12. The van der Waals surface area contributed by atoms with Crippen LogP contribution in [0, 0.1) is 28.8 Å². The number of benzene rings is 1. The Kier molecular flexibility index (Phi) is 3.89. The minimum Gasteiger partial charge on any atom is -0.385 e. The second-order valence-corrected chi connectivity index (χ2v) is 6.89. The fraction of sp³-hybridized carbons (Fsp3) is 0.625. The molecule has 1 aromatic rings. The average molecular weight is 286 g/mol. The number of hydrogen-bond acceptors (Lipinski definition) is 1. The van der Waals surface area contributed by atoms with Crippen LogP contribution in [-0.2, 0) is 5.60 Å². The Bertz CT molecular complexity index is 497. The third-order valence-electron chi connectivity index (χ3n) is 4.57. The van der Waals surface area contributed by atoms with Gasteiger partial charge in [-0.25, -0.2) is 13.2 Å². The van der Waals surface area contributed by atoms with Crippen molar-refractivity contribution in [3.8, 4) is 0 Å². The lowest BCUT2D eigenvalue weighted by Gasteiger charge is -2.41.